The van der Waals surface area contributed by atoms with E-state index >= 15 is 0 Å². The molecule has 0 amide bonds. The Hall–Kier alpha value is -1.42. The van der Waals surface area contributed by atoms with E-state index in [2.05, 4.69) is 25.9 Å². The quantitative estimate of drug-likeness (QED) is 0.861. The molecule has 1 aromatic carbocycles. The second kappa shape index (κ2) is 3.98. The Balaban J connectivity index is 2.64. The van der Waals surface area contributed by atoms with Crippen LogP contribution >= 0.6 is 15.9 Å². The number of aromatic nitrogens is 2. The highest BCUT2D eigenvalue weighted by Gasteiger charge is 2.04. The maximum Gasteiger partial charge on any atom is 0.251 e. The summed E-state index contributed by atoms with van der Waals surface area (Å²) in [5, 5.41) is 0. The number of benzene rings is 1. The van der Waals surface area contributed by atoms with Gasteiger partial charge in [0.2, 0.25) is 0 Å². The third-order valence-electron chi connectivity index (χ3n) is 2.00. The molecule has 1 aromatic heterocycles. The summed E-state index contributed by atoms with van der Waals surface area (Å²) in [5.41, 5.74) is 1.47. The van der Waals surface area contributed by atoms with Crippen molar-refractivity contribution in [3.63, 3.8) is 0 Å². The van der Waals surface area contributed by atoms with Crippen LogP contribution in [0.2, 0.25) is 0 Å². The summed E-state index contributed by atoms with van der Waals surface area (Å²) in [4.78, 5) is 18.3. The number of nitrogens with zero attached hydrogens (tertiary/aromatic N) is 1. The van der Waals surface area contributed by atoms with Gasteiger partial charge in [0, 0.05) is 21.8 Å². The van der Waals surface area contributed by atoms with Gasteiger partial charge in [-0.25, -0.2) is 4.98 Å². The molecular formula is C11H9BrN2O. The van der Waals surface area contributed by atoms with Crippen LogP contribution in [0.4, 0.5) is 0 Å². The third-order valence-corrected chi connectivity index (χ3v) is 2.69. The summed E-state index contributed by atoms with van der Waals surface area (Å²) in [6.45, 7) is 1.80. The molecule has 2 rings (SSSR count). The molecule has 1 N–H and O–H groups in total. The number of aromatic amines is 1. The maximum absolute atomic E-state index is 11.3. The summed E-state index contributed by atoms with van der Waals surface area (Å²) < 4.78 is 0.916. The van der Waals surface area contributed by atoms with E-state index in [0.717, 1.165) is 10.0 Å². The van der Waals surface area contributed by atoms with Crippen LogP contribution < -0.4 is 5.56 Å². The molecule has 0 unspecified atom stereocenters. The highest BCUT2D eigenvalue weighted by Crippen LogP contribution is 2.24. The fourth-order valence-electron chi connectivity index (χ4n) is 1.36. The van der Waals surface area contributed by atoms with E-state index in [1.165, 1.54) is 6.07 Å². The predicted molar refractivity (Wildman–Crippen MR) is 62.7 cm³/mol. The van der Waals surface area contributed by atoms with Crippen molar-refractivity contribution in [2.75, 3.05) is 0 Å². The first-order valence-corrected chi connectivity index (χ1v) is 5.29. The number of nitrogens with one attached hydrogen (secondary N) is 1. The molecule has 2 aromatic rings. The van der Waals surface area contributed by atoms with E-state index in [1.807, 2.05) is 24.3 Å². The molecule has 76 valence electrons. The number of aryl methyl sites for hydroxylation is 1. The van der Waals surface area contributed by atoms with Crippen LogP contribution in [-0.2, 0) is 0 Å². The first kappa shape index (κ1) is 10.1. The Morgan fingerprint density at radius 3 is 2.73 bits per heavy atom. The van der Waals surface area contributed by atoms with Crippen LogP contribution in [0.5, 0.6) is 0 Å². The molecule has 15 heavy (non-hydrogen) atoms. The van der Waals surface area contributed by atoms with Crippen molar-refractivity contribution >= 4 is 15.9 Å². The van der Waals surface area contributed by atoms with Crippen molar-refractivity contribution in [2.24, 2.45) is 0 Å². The van der Waals surface area contributed by atoms with Gasteiger partial charge in [-0.3, -0.25) is 4.79 Å². The fourth-order valence-corrected chi connectivity index (χ4v) is 1.83. The minimum Gasteiger partial charge on any atom is -0.306 e. The lowest BCUT2D eigenvalue weighted by Crippen LogP contribution is -2.08. The topological polar surface area (TPSA) is 45.8 Å². The van der Waals surface area contributed by atoms with E-state index in [1.54, 1.807) is 6.92 Å². The number of halogens is 1. The number of rotatable bonds is 1. The molecule has 1 heterocycles. The Morgan fingerprint density at radius 2 is 2.07 bits per heavy atom. The minimum absolute atomic E-state index is 0.131. The van der Waals surface area contributed by atoms with E-state index in [9.17, 15) is 4.79 Å². The van der Waals surface area contributed by atoms with Gasteiger partial charge >= 0.3 is 0 Å². The second-order valence-corrected chi connectivity index (χ2v) is 4.07. The van der Waals surface area contributed by atoms with Gasteiger partial charge in [0.1, 0.15) is 5.82 Å². The second-order valence-electron chi connectivity index (χ2n) is 3.22. The lowest BCUT2D eigenvalue weighted by molar-refractivity contribution is 1.07. The van der Waals surface area contributed by atoms with Crippen molar-refractivity contribution in [2.45, 2.75) is 6.92 Å². The van der Waals surface area contributed by atoms with Gasteiger partial charge in [-0.2, -0.15) is 0 Å². The van der Waals surface area contributed by atoms with Crippen LogP contribution in [0.3, 0.4) is 0 Å². The van der Waals surface area contributed by atoms with Crippen molar-refractivity contribution in [1.82, 2.24) is 9.97 Å². The third kappa shape index (κ3) is 2.15. The summed E-state index contributed by atoms with van der Waals surface area (Å²) >= 11 is 3.42. The molecule has 0 aliphatic heterocycles. The van der Waals surface area contributed by atoms with Crippen LogP contribution in [0.1, 0.15) is 5.69 Å². The van der Waals surface area contributed by atoms with Gasteiger partial charge in [0.15, 0.2) is 0 Å². The number of hydrogen-bond donors (Lipinski definition) is 1. The van der Waals surface area contributed by atoms with Crippen LogP contribution in [-0.4, -0.2) is 9.97 Å². The van der Waals surface area contributed by atoms with Crippen LogP contribution in [0, 0.1) is 6.92 Å². The molecule has 0 saturated heterocycles. The van der Waals surface area contributed by atoms with E-state index < -0.39 is 0 Å². The molecule has 0 bridgehead atoms. The van der Waals surface area contributed by atoms with Gasteiger partial charge in [0.25, 0.3) is 5.56 Å². The Morgan fingerprint density at radius 1 is 1.33 bits per heavy atom. The zero-order valence-electron chi connectivity index (χ0n) is 8.12. The average molecular weight is 265 g/mol. The largest absolute Gasteiger partial charge is 0.306 e. The molecule has 4 heteroatoms. The molecule has 3 nitrogen and oxygen atoms in total. The first-order valence-electron chi connectivity index (χ1n) is 4.50. The molecular weight excluding hydrogens is 256 g/mol. The van der Waals surface area contributed by atoms with Gasteiger partial charge in [-0.15, -0.1) is 0 Å². The molecule has 0 radical (unpaired) electrons. The Kier molecular flexibility index (Phi) is 2.68. The normalized spacial score (nSPS) is 10.3. The molecule has 0 aliphatic rings. The predicted octanol–water partition coefficient (Wildman–Crippen LogP) is 2.51. The molecule has 0 aliphatic carbocycles. The van der Waals surface area contributed by atoms with E-state index in [-0.39, 0.29) is 5.56 Å². The Labute approximate surface area is 95.3 Å². The zero-order chi connectivity index (χ0) is 10.8. The SMILES string of the molecule is Cc1cc(=O)[nH]c(-c2ccccc2Br)n1. The van der Waals surface area contributed by atoms with Crippen molar-refractivity contribution in [3.05, 3.63) is 50.9 Å². The minimum atomic E-state index is -0.131. The van der Waals surface area contributed by atoms with Gasteiger partial charge in [0.05, 0.1) is 0 Å². The number of hydrogen-bond acceptors (Lipinski definition) is 2. The van der Waals surface area contributed by atoms with E-state index in [0.29, 0.717) is 11.5 Å². The lowest BCUT2D eigenvalue weighted by Gasteiger charge is -2.03. The molecule has 0 fully saturated rings. The summed E-state index contributed by atoms with van der Waals surface area (Å²) in [7, 11) is 0. The highest BCUT2D eigenvalue weighted by molar-refractivity contribution is 9.10. The molecule has 0 spiro atoms. The lowest BCUT2D eigenvalue weighted by atomic mass is 10.2. The monoisotopic (exact) mass is 264 g/mol. The fraction of sp³-hybridized carbons (Fsp3) is 0.0909. The first-order chi connectivity index (χ1) is 7.16. The van der Waals surface area contributed by atoms with Crippen molar-refractivity contribution < 1.29 is 0 Å². The average Bonchev–Trinajstić information content (AvgIpc) is 2.16. The molecule has 0 saturated carbocycles. The maximum atomic E-state index is 11.3. The summed E-state index contributed by atoms with van der Waals surface area (Å²) in [6, 6.07) is 9.11. The summed E-state index contributed by atoms with van der Waals surface area (Å²) in [6.07, 6.45) is 0. The smallest absolute Gasteiger partial charge is 0.251 e. The standard InChI is InChI=1S/C11H9BrN2O/c1-7-6-10(15)14-11(13-7)8-4-2-3-5-9(8)12/h2-6H,1H3,(H,13,14,15). The van der Waals surface area contributed by atoms with Gasteiger partial charge in [-0.1, -0.05) is 34.1 Å². The van der Waals surface area contributed by atoms with Crippen molar-refractivity contribution in [3.8, 4) is 11.4 Å². The number of H-pyrrole nitrogens is 1. The Bertz CT molecular complexity index is 548. The van der Waals surface area contributed by atoms with Crippen LogP contribution in [0.25, 0.3) is 11.4 Å². The van der Waals surface area contributed by atoms with E-state index in [4.69, 9.17) is 0 Å². The van der Waals surface area contributed by atoms with Crippen LogP contribution in [0.15, 0.2) is 39.6 Å². The highest BCUT2D eigenvalue weighted by atomic mass is 79.9. The van der Waals surface area contributed by atoms with Gasteiger partial charge in [-0.05, 0) is 13.0 Å². The molecule has 0 atom stereocenters. The van der Waals surface area contributed by atoms with Crippen molar-refractivity contribution in [1.29, 1.82) is 0 Å². The summed E-state index contributed by atoms with van der Waals surface area (Å²) in [5.74, 6) is 0.590. The van der Waals surface area contributed by atoms with Gasteiger partial charge < -0.3 is 4.98 Å². The zero-order valence-corrected chi connectivity index (χ0v) is 9.71.